The highest BCUT2D eigenvalue weighted by Gasteiger charge is 2.33. The van der Waals surface area contributed by atoms with Crippen LogP contribution in [-0.4, -0.2) is 56.7 Å². The highest BCUT2D eigenvalue weighted by atomic mass is 32.1. The van der Waals surface area contributed by atoms with Gasteiger partial charge in [0.15, 0.2) is 0 Å². The van der Waals surface area contributed by atoms with Crippen LogP contribution in [0.25, 0.3) is 0 Å². The van der Waals surface area contributed by atoms with E-state index in [0.29, 0.717) is 0 Å². The SMILES string of the molecule is O=C(C1CCCn2cnnc21)N1CCN(Cc2cccs2)CC1. The molecule has 1 unspecified atom stereocenters. The lowest BCUT2D eigenvalue weighted by Crippen LogP contribution is -2.50. The van der Waals surface area contributed by atoms with Crippen molar-refractivity contribution in [2.24, 2.45) is 0 Å². The molecule has 2 aliphatic heterocycles. The van der Waals surface area contributed by atoms with Crippen molar-refractivity contribution in [2.45, 2.75) is 31.8 Å². The van der Waals surface area contributed by atoms with Crippen LogP contribution in [-0.2, 0) is 17.9 Å². The van der Waals surface area contributed by atoms with E-state index in [1.165, 1.54) is 4.88 Å². The number of thiophene rings is 1. The molecule has 1 amide bonds. The van der Waals surface area contributed by atoms with Crippen molar-refractivity contribution in [3.63, 3.8) is 0 Å². The highest BCUT2D eigenvalue weighted by molar-refractivity contribution is 7.09. The van der Waals surface area contributed by atoms with Gasteiger partial charge in [0, 0.05) is 44.1 Å². The van der Waals surface area contributed by atoms with E-state index in [0.717, 1.165) is 57.9 Å². The Morgan fingerprint density at radius 1 is 1.26 bits per heavy atom. The zero-order valence-corrected chi connectivity index (χ0v) is 13.9. The van der Waals surface area contributed by atoms with Gasteiger partial charge in [-0.05, 0) is 24.3 Å². The summed E-state index contributed by atoms with van der Waals surface area (Å²) in [6, 6.07) is 4.27. The summed E-state index contributed by atoms with van der Waals surface area (Å²) in [6.45, 7) is 5.45. The molecule has 0 aliphatic carbocycles. The van der Waals surface area contributed by atoms with Gasteiger partial charge in [-0.15, -0.1) is 21.5 Å². The van der Waals surface area contributed by atoms with Crippen molar-refractivity contribution in [2.75, 3.05) is 26.2 Å². The molecular formula is C16H21N5OS. The van der Waals surface area contributed by atoms with Crippen LogP contribution in [0.1, 0.15) is 29.5 Å². The van der Waals surface area contributed by atoms with Crippen LogP contribution >= 0.6 is 11.3 Å². The summed E-state index contributed by atoms with van der Waals surface area (Å²) >= 11 is 1.80. The molecule has 4 heterocycles. The van der Waals surface area contributed by atoms with E-state index in [2.05, 4.69) is 32.6 Å². The maximum Gasteiger partial charge on any atom is 0.233 e. The lowest BCUT2D eigenvalue weighted by Gasteiger charge is -2.36. The molecule has 0 aromatic carbocycles. The molecule has 0 bridgehead atoms. The third-order valence-corrected chi connectivity index (χ3v) is 5.65. The fourth-order valence-corrected chi connectivity index (χ4v) is 4.25. The highest BCUT2D eigenvalue weighted by Crippen LogP contribution is 2.27. The van der Waals surface area contributed by atoms with E-state index in [1.807, 2.05) is 9.47 Å². The summed E-state index contributed by atoms with van der Waals surface area (Å²) < 4.78 is 2.03. The van der Waals surface area contributed by atoms with Crippen LogP contribution in [0.2, 0.25) is 0 Å². The average Bonchev–Trinajstić information content (AvgIpc) is 3.25. The molecule has 1 saturated heterocycles. The Bertz CT molecular complexity index is 660. The Morgan fingerprint density at radius 2 is 2.13 bits per heavy atom. The second-order valence-electron chi connectivity index (χ2n) is 6.26. The fourth-order valence-electron chi connectivity index (χ4n) is 3.50. The number of rotatable bonds is 3. The first kappa shape index (κ1) is 14.8. The molecule has 1 fully saturated rings. The molecule has 0 saturated carbocycles. The van der Waals surface area contributed by atoms with Crippen LogP contribution < -0.4 is 0 Å². The number of aryl methyl sites for hydroxylation is 1. The van der Waals surface area contributed by atoms with Crippen molar-refractivity contribution in [3.8, 4) is 0 Å². The molecule has 6 nitrogen and oxygen atoms in total. The summed E-state index contributed by atoms with van der Waals surface area (Å²) in [6.07, 6.45) is 3.67. The number of carbonyl (C=O) groups excluding carboxylic acids is 1. The van der Waals surface area contributed by atoms with Gasteiger partial charge in [0.2, 0.25) is 5.91 Å². The summed E-state index contributed by atoms with van der Waals surface area (Å²) in [5, 5.41) is 10.3. The van der Waals surface area contributed by atoms with Gasteiger partial charge in [0.1, 0.15) is 12.2 Å². The molecular weight excluding hydrogens is 310 g/mol. The molecule has 7 heteroatoms. The van der Waals surface area contributed by atoms with Crippen LogP contribution in [0.5, 0.6) is 0 Å². The summed E-state index contributed by atoms with van der Waals surface area (Å²) in [4.78, 5) is 18.7. The van der Waals surface area contributed by atoms with Crippen molar-refractivity contribution in [3.05, 3.63) is 34.5 Å². The van der Waals surface area contributed by atoms with Crippen LogP contribution in [0.15, 0.2) is 23.8 Å². The normalized spacial score (nSPS) is 22.1. The van der Waals surface area contributed by atoms with E-state index >= 15 is 0 Å². The van der Waals surface area contributed by atoms with Crippen molar-refractivity contribution in [1.29, 1.82) is 0 Å². The first-order valence-electron chi connectivity index (χ1n) is 8.22. The quantitative estimate of drug-likeness (QED) is 0.856. The Kier molecular flexibility index (Phi) is 4.13. The second kappa shape index (κ2) is 6.41. The van der Waals surface area contributed by atoms with Gasteiger partial charge in [-0.3, -0.25) is 9.69 Å². The zero-order valence-electron chi connectivity index (χ0n) is 13.1. The molecule has 0 spiro atoms. The van der Waals surface area contributed by atoms with Gasteiger partial charge in [0.25, 0.3) is 0 Å². The number of piperazine rings is 1. The fraction of sp³-hybridized carbons (Fsp3) is 0.562. The lowest BCUT2D eigenvalue weighted by atomic mass is 9.97. The molecule has 0 N–H and O–H groups in total. The Balaban J connectivity index is 1.36. The van der Waals surface area contributed by atoms with Gasteiger partial charge >= 0.3 is 0 Å². The van der Waals surface area contributed by atoms with Gasteiger partial charge in [0.05, 0.1) is 5.92 Å². The minimum Gasteiger partial charge on any atom is -0.339 e. The van der Waals surface area contributed by atoms with E-state index in [-0.39, 0.29) is 11.8 Å². The molecule has 2 aliphatic rings. The summed E-state index contributed by atoms with van der Waals surface area (Å²) in [5.74, 6) is 0.979. The van der Waals surface area contributed by atoms with E-state index in [1.54, 1.807) is 17.7 Å². The standard InChI is InChI=1S/C16H21N5OS/c22-16(14-4-1-5-21-12-17-18-15(14)21)20-8-6-19(7-9-20)11-13-3-2-10-23-13/h2-3,10,12,14H,1,4-9,11H2. The predicted molar refractivity (Wildman–Crippen MR) is 88.2 cm³/mol. The van der Waals surface area contributed by atoms with Crippen molar-refractivity contribution in [1.82, 2.24) is 24.6 Å². The first-order valence-corrected chi connectivity index (χ1v) is 9.10. The third kappa shape index (κ3) is 3.03. The van der Waals surface area contributed by atoms with Crippen LogP contribution in [0, 0.1) is 0 Å². The minimum atomic E-state index is -0.102. The number of nitrogens with zero attached hydrogens (tertiary/aromatic N) is 5. The topological polar surface area (TPSA) is 54.3 Å². The maximum absolute atomic E-state index is 12.9. The Hall–Kier alpha value is -1.73. The number of carbonyl (C=O) groups is 1. The number of amides is 1. The molecule has 23 heavy (non-hydrogen) atoms. The zero-order chi connectivity index (χ0) is 15.6. The molecule has 2 aromatic rings. The summed E-state index contributed by atoms with van der Waals surface area (Å²) in [7, 11) is 0. The molecule has 2 aromatic heterocycles. The van der Waals surface area contributed by atoms with Crippen LogP contribution in [0.3, 0.4) is 0 Å². The smallest absolute Gasteiger partial charge is 0.233 e. The minimum absolute atomic E-state index is 0.102. The second-order valence-corrected chi connectivity index (χ2v) is 7.29. The average molecular weight is 331 g/mol. The molecule has 1 atom stereocenters. The monoisotopic (exact) mass is 331 g/mol. The molecule has 4 rings (SSSR count). The van der Waals surface area contributed by atoms with Crippen molar-refractivity contribution >= 4 is 17.2 Å². The number of hydrogen-bond acceptors (Lipinski definition) is 5. The first-order chi connectivity index (χ1) is 11.3. The largest absolute Gasteiger partial charge is 0.339 e. The third-order valence-electron chi connectivity index (χ3n) is 4.79. The number of hydrogen-bond donors (Lipinski definition) is 0. The number of fused-ring (bicyclic) bond motifs is 1. The summed E-state index contributed by atoms with van der Waals surface area (Å²) in [5.41, 5.74) is 0. The molecule has 122 valence electrons. The van der Waals surface area contributed by atoms with Crippen molar-refractivity contribution < 1.29 is 4.79 Å². The van der Waals surface area contributed by atoms with Crippen LogP contribution in [0.4, 0.5) is 0 Å². The van der Waals surface area contributed by atoms with E-state index in [4.69, 9.17) is 0 Å². The maximum atomic E-state index is 12.9. The Labute approximate surface area is 139 Å². The molecule has 0 radical (unpaired) electrons. The Morgan fingerprint density at radius 3 is 2.91 bits per heavy atom. The lowest BCUT2D eigenvalue weighted by molar-refractivity contribution is -0.135. The van der Waals surface area contributed by atoms with Gasteiger partial charge in [-0.25, -0.2) is 0 Å². The van der Waals surface area contributed by atoms with Gasteiger partial charge in [-0.1, -0.05) is 6.07 Å². The predicted octanol–water partition coefficient (Wildman–Crippen LogP) is 1.56. The van der Waals surface area contributed by atoms with E-state index in [9.17, 15) is 4.79 Å². The van der Waals surface area contributed by atoms with Gasteiger partial charge < -0.3 is 9.47 Å². The van der Waals surface area contributed by atoms with E-state index < -0.39 is 0 Å². The van der Waals surface area contributed by atoms with Gasteiger partial charge in [-0.2, -0.15) is 0 Å². The number of aromatic nitrogens is 3.